The van der Waals surface area contributed by atoms with E-state index in [1.54, 1.807) is 0 Å². The van der Waals surface area contributed by atoms with Crippen molar-refractivity contribution in [1.29, 1.82) is 5.40 Å². The molecule has 1 aromatic carbocycles. The maximum atomic E-state index is 6.77. The van der Waals surface area contributed by atoms with Gasteiger partial charge in [-0.3, -0.25) is 5.40 Å². The molecule has 0 saturated heterocycles. The lowest BCUT2D eigenvalue weighted by molar-refractivity contribution is 0.739. The van der Waals surface area contributed by atoms with Crippen LogP contribution in [0.1, 0.15) is 38.2 Å². The Labute approximate surface area is 114 Å². The normalized spacial score (nSPS) is 13.3. The van der Waals surface area contributed by atoms with Gasteiger partial charge in [0.2, 0.25) is 5.96 Å². The van der Waals surface area contributed by atoms with Gasteiger partial charge >= 0.3 is 0 Å². The zero-order valence-corrected chi connectivity index (χ0v) is 11.2. The summed E-state index contributed by atoms with van der Waals surface area (Å²) in [6.45, 7) is 2.15. The summed E-state index contributed by atoms with van der Waals surface area (Å²) in [6.07, 6.45) is 4.19. The highest BCUT2D eigenvalue weighted by Crippen LogP contribution is 2.13. The van der Waals surface area contributed by atoms with E-state index in [0.717, 1.165) is 37.0 Å². The van der Waals surface area contributed by atoms with Crippen LogP contribution in [0.3, 0.4) is 0 Å². The first-order chi connectivity index (χ1) is 9.17. The van der Waals surface area contributed by atoms with Crippen molar-refractivity contribution >= 4 is 23.3 Å². The van der Waals surface area contributed by atoms with Crippen molar-refractivity contribution < 1.29 is 1.41 Å². The van der Waals surface area contributed by atoms with E-state index in [4.69, 9.17) is 18.7 Å². The van der Waals surface area contributed by atoms with Gasteiger partial charge in [-0.25, -0.2) is 5.43 Å². The van der Waals surface area contributed by atoms with E-state index in [1.165, 1.54) is 0 Å². The minimum Gasteiger partial charge on any atom is -0.369 e. The zero-order valence-electron chi connectivity index (χ0n) is 11.5. The molecule has 0 aromatic heterocycles. The van der Waals surface area contributed by atoms with Crippen molar-refractivity contribution in [2.45, 2.75) is 32.6 Å². The molecule has 0 saturated carbocycles. The lowest BCUT2D eigenvalue weighted by Gasteiger charge is -2.07. The summed E-state index contributed by atoms with van der Waals surface area (Å²) in [5, 5.41) is 7.98. The second kappa shape index (κ2) is 7.71. The molecule has 4 N–H and O–H groups in total. The van der Waals surface area contributed by atoms with Crippen LogP contribution in [0.4, 0.5) is 0 Å². The van der Waals surface area contributed by atoms with Crippen molar-refractivity contribution in [2.24, 2.45) is 10.8 Å². The van der Waals surface area contributed by atoms with Crippen molar-refractivity contribution in [3.8, 4) is 0 Å². The third-order valence-corrected chi connectivity index (χ3v) is 2.75. The second-order valence-corrected chi connectivity index (χ2v) is 4.46. The molecule has 0 unspecified atom stereocenters. The van der Waals surface area contributed by atoms with E-state index in [-0.39, 0.29) is 5.96 Å². The Bertz CT molecular complexity index is 442. The third-order valence-electron chi connectivity index (χ3n) is 2.50. The van der Waals surface area contributed by atoms with Gasteiger partial charge in [-0.15, -0.1) is 0 Å². The number of hydrazone groups is 1. The molecule has 0 aliphatic carbocycles. The minimum atomic E-state index is -0.0260. The number of hydrogen-bond acceptors (Lipinski definition) is 2. The Balaban J connectivity index is 2.81. The SMILES string of the molecule is [H]/N=C(\N)NN=C(CCCCC)c1ccc(Cl)cc1. The molecule has 0 aliphatic rings. The number of unbranched alkanes of at least 4 members (excludes halogenated alkanes) is 2. The van der Waals surface area contributed by atoms with Gasteiger partial charge in [0.1, 0.15) is 0 Å². The summed E-state index contributed by atoms with van der Waals surface area (Å²) in [7, 11) is 0. The zero-order chi connectivity index (χ0) is 14.1. The molecule has 0 bridgehead atoms. The first-order valence-electron chi connectivity index (χ1n) is 6.48. The fraction of sp³-hybridized carbons (Fsp3) is 0.385. The average molecular weight is 267 g/mol. The molecule has 0 amide bonds. The highest BCUT2D eigenvalue weighted by atomic mass is 35.5. The van der Waals surface area contributed by atoms with Crippen LogP contribution in [-0.2, 0) is 0 Å². The van der Waals surface area contributed by atoms with Gasteiger partial charge in [0, 0.05) is 5.02 Å². The summed E-state index contributed by atoms with van der Waals surface area (Å²) in [6, 6.07) is 7.49. The summed E-state index contributed by atoms with van der Waals surface area (Å²) in [5.41, 5.74) is 9.85. The van der Waals surface area contributed by atoms with Gasteiger partial charge in [0.25, 0.3) is 0 Å². The molecule has 5 heteroatoms. The Kier molecular flexibility index (Phi) is 5.53. The molecule has 0 spiro atoms. The van der Waals surface area contributed by atoms with E-state index in [2.05, 4.69) is 22.9 Å². The number of hydrogen-bond donors (Lipinski definition) is 3. The number of nitrogens with one attached hydrogen (secondary N) is 2. The Morgan fingerprint density at radius 3 is 2.78 bits per heavy atom. The smallest absolute Gasteiger partial charge is 0.206 e. The molecule has 18 heavy (non-hydrogen) atoms. The molecule has 4 nitrogen and oxygen atoms in total. The minimum absolute atomic E-state index is 0.0260. The fourth-order valence-corrected chi connectivity index (χ4v) is 1.70. The highest BCUT2D eigenvalue weighted by molar-refractivity contribution is 6.30. The summed E-state index contributed by atoms with van der Waals surface area (Å²) >= 11 is 5.87. The van der Waals surface area contributed by atoms with E-state index in [1.807, 2.05) is 24.3 Å². The van der Waals surface area contributed by atoms with Crippen LogP contribution in [-0.4, -0.2) is 11.7 Å². The lowest BCUT2D eigenvalue weighted by atomic mass is 10.0. The van der Waals surface area contributed by atoms with Gasteiger partial charge in [0.15, 0.2) is 1.41 Å². The Morgan fingerprint density at radius 2 is 2.17 bits per heavy atom. The fourth-order valence-electron chi connectivity index (χ4n) is 1.57. The van der Waals surface area contributed by atoms with E-state index in [9.17, 15) is 0 Å². The first-order valence-corrected chi connectivity index (χ1v) is 6.41. The van der Waals surface area contributed by atoms with Crippen LogP contribution in [0.2, 0.25) is 6.43 Å². The molecule has 0 radical (unpaired) electrons. The maximum absolute atomic E-state index is 6.77. The third kappa shape index (κ3) is 5.19. The van der Waals surface area contributed by atoms with Crippen molar-refractivity contribution in [3.05, 3.63) is 34.9 Å². The van der Waals surface area contributed by atoms with E-state index >= 15 is 0 Å². The molecule has 0 heterocycles. The first kappa shape index (κ1) is 12.9. The number of guanidine groups is 1. The number of nitrogens with two attached hydrogens (primary N) is 1. The second-order valence-electron chi connectivity index (χ2n) is 4.02. The molecule has 98 valence electrons. The van der Waals surface area contributed by atoms with E-state index in [0.29, 0.717) is 5.02 Å². The van der Waals surface area contributed by atoms with Gasteiger partial charge in [0.05, 0.1) is 5.71 Å². The Morgan fingerprint density at radius 1 is 1.44 bits per heavy atom. The molecule has 0 atom stereocenters. The number of benzene rings is 1. The van der Waals surface area contributed by atoms with Crippen LogP contribution >= 0.6 is 11.6 Å². The van der Waals surface area contributed by atoms with E-state index < -0.39 is 0 Å². The molecule has 1 aromatic rings. The number of nitrogens with zero attached hydrogens (tertiary/aromatic N) is 1. The number of halogens is 1. The van der Waals surface area contributed by atoms with Gasteiger partial charge in [-0.1, -0.05) is 43.5 Å². The topological polar surface area (TPSA) is 74.3 Å². The maximum Gasteiger partial charge on any atom is 0.206 e. The van der Waals surface area contributed by atoms with Gasteiger partial charge < -0.3 is 5.73 Å². The summed E-state index contributed by atoms with van der Waals surface area (Å²) in [5.74, 6) is -0.0260. The molecule has 0 aliphatic heterocycles. The number of rotatable bonds is 6. The van der Waals surface area contributed by atoms with Gasteiger partial charge in [-0.2, -0.15) is 5.10 Å². The van der Waals surface area contributed by atoms with Crippen molar-refractivity contribution in [2.75, 3.05) is 0 Å². The Hall–Kier alpha value is -1.55. The van der Waals surface area contributed by atoms with Gasteiger partial charge in [-0.05, 0) is 30.5 Å². The predicted octanol–water partition coefficient (Wildman–Crippen LogP) is 3.11. The standard InChI is InChI=1S/C13H19ClN4/c1-2-3-4-5-12(17-18-13(15)16)10-6-8-11(14)9-7-10/h6-9H,2-5H2,1H3,(H4,15,16,18). The lowest BCUT2D eigenvalue weighted by Crippen LogP contribution is -2.27. The molecular formula is C13H19ClN4. The molecular weight excluding hydrogens is 248 g/mol. The highest BCUT2D eigenvalue weighted by Gasteiger charge is 2.04. The van der Waals surface area contributed by atoms with Crippen molar-refractivity contribution in [3.63, 3.8) is 0 Å². The van der Waals surface area contributed by atoms with Crippen LogP contribution < -0.4 is 11.2 Å². The largest absolute Gasteiger partial charge is 0.369 e. The molecule has 1 rings (SSSR count). The van der Waals surface area contributed by atoms with Crippen molar-refractivity contribution in [1.82, 2.24) is 5.43 Å². The predicted molar refractivity (Wildman–Crippen MR) is 77.2 cm³/mol. The van der Waals surface area contributed by atoms with Crippen LogP contribution in [0.5, 0.6) is 0 Å². The van der Waals surface area contributed by atoms with Crippen LogP contribution in [0, 0.1) is 5.40 Å². The molecule has 0 fully saturated rings. The monoisotopic (exact) mass is 266 g/mol. The quantitative estimate of drug-likeness (QED) is 0.320. The average Bonchev–Trinajstić information content (AvgIpc) is 2.43. The van der Waals surface area contributed by atoms with Crippen LogP contribution in [0.25, 0.3) is 0 Å². The summed E-state index contributed by atoms with van der Waals surface area (Å²) in [4.78, 5) is 0. The van der Waals surface area contributed by atoms with Crippen LogP contribution in [0.15, 0.2) is 29.4 Å². The summed E-state index contributed by atoms with van der Waals surface area (Å²) < 4.78 is 6.77.